The number of carbonyl (C=O) groups excluding carboxylic acids is 2. The quantitative estimate of drug-likeness (QED) is 0.717. The number of hydrogen-bond donors (Lipinski definition) is 1. The van der Waals surface area contributed by atoms with E-state index in [0.29, 0.717) is 11.6 Å². The summed E-state index contributed by atoms with van der Waals surface area (Å²) in [5.74, 6) is -0.555. The van der Waals surface area contributed by atoms with Crippen LogP contribution in [-0.4, -0.2) is 32.1 Å². The fraction of sp³-hybridized carbons (Fsp3) is 0.300. The molecule has 1 N–H and O–H groups in total. The number of benzene rings is 2. The highest BCUT2D eigenvalue weighted by molar-refractivity contribution is 6.30. The molecule has 0 aromatic heterocycles. The lowest BCUT2D eigenvalue weighted by molar-refractivity contribution is -0.141. The summed E-state index contributed by atoms with van der Waals surface area (Å²) < 4.78 is 4.75. The van der Waals surface area contributed by atoms with Gasteiger partial charge >= 0.3 is 5.97 Å². The van der Waals surface area contributed by atoms with E-state index in [1.54, 1.807) is 24.3 Å². The highest BCUT2D eigenvalue weighted by atomic mass is 35.5. The van der Waals surface area contributed by atoms with Gasteiger partial charge in [-0.15, -0.1) is 0 Å². The summed E-state index contributed by atoms with van der Waals surface area (Å²) in [5, 5.41) is 3.52. The van der Waals surface area contributed by atoms with E-state index >= 15 is 0 Å². The van der Waals surface area contributed by atoms with Crippen molar-refractivity contribution in [3.8, 4) is 0 Å². The van der Waals surface area contributed by atoms with Crippen LogP contribution in [0.25, 0.3) is 0 Å². The molecule has 6 heteroatoms. The van der Waals surface area contributed by atoms with Gasteiger partial charge in [0, 0.05) is 17.3 Å². The molecule has 0 bridgehead atoms. The Kier molecular flexibility index (Phi) is 7.48. The van der Waals surface area contributed by atoms with Crippen molar-refractivity contribution < 1.29 is 14.3 Å². The molecule has 1 unspecified atom stereocenters. The van der Waals surface area contributed by atoms with Crippen molar-refractivity contribution in [2.45, 2.75) is 19.4 Å². The van der Waals surface area contributed by atoms with Gasteiger partial charge in [-0.1, -0.05) is 41.9 Å². The Morgan fingerprint density at radius 1 is 1.12 bits per heavy atom. The smallest absolute Gasteiger partial charge is 0.307 e. The third kappa shape index (κ3) is 5.77. The number of hydrogen-bond acceptors (Lipinski definition) is 4. The van der Waals surface area contributed by atoms with Crippen LogP contribution >= 0.6 is 11.6 Å². The Morgan fingerprint density at radius 2 is 1.77 bits per heavy atom. The molecule has 5 nitrogen and oxygen atoms in total. The molecule has 0 heterocycles. The second-order valence-electron chi connectivity index (χ2n) is 5.80. The predicted molar refractivity (Wildman–Crippen MR) is 103 cm³/mol. The maximum Gasteiger partial charge on any atom is 0.307 e. The van der Waals surface area contributed by atoms with Gasteiger partial charge in [0.25, 0.3) is 0 Å². The standard InChI is InChI=1S/C20H23ClN2O3/c1-3-23(17-7-5-4-6-8-17)14-19(24)22-18(13-20(25)26-2)15-9-11-16(21)12-10-15/h4-12,18H,3,13-14H2,1-2H3,(H,22,24). The molecule has 138 valence electrons. The molecule has 0 aliphatic heterocycles. The van der Waals surface area contributed by atoms with Gasteiger partial charge in [-0.3, -0.25) is 9.59 Å². The van der Waals surface area contributed by atoms with Crippen molar-refractivity contribution in [3.05, 3.63) is 65.2 Å². The van der Waals surface area contributed by atoms with Gasteiger partial charge in [-0.05, 0) is 36.8 Å². The molecule has 2 aromatic rings. The van der Waals surface area contributed by atoms with E-state index in [0.717, 1.165) is 11.3 Å². The van der Waals surface area contributed by atoms with Crippen LogP contribution in [0.1, 0.15) is 24.9 Å². The van der Waals surface area contributed by atoms with Crippen molar-refractivity contribution in [1.29, 1.82) is 0 Å². The van der Waals surface area contributed by atoms with Gasteiger partial charge in [0.2, 0.25) is 5.91 Å². The number of nitrogens with zero attached hydrogens (tertiary/aromatic N) is 1. The minimum absolute atomic E-state index is 0.0569. The third-order valence-electron chi connectivity index (χ3n) is 4.04. The Labute approximate surface area is 158 Å². The molecule has 0 spiro atoms. The van der Waals surface area contributed by atoms with E-state index in [9.17, 15) is 9.59 Å². The number of likely N-dealkylation sites (N-methyl/N-ethyl adjacent to an activating group) is 1. The maximum absolute atomic E-state index is 12.6. The Bertz CT molecular complexity index is 720. The van der Waals surface area contributed by atoms with Gasteiger partial charge < -0.3 is 15.0 Å². The SMILES string of the molecule is CCN(CC(=O)NC(CC(=O)OC)c1ccc(Cl)cc1)c1ccccc1. The fourth-order valence-electron chi connectivity index (χ4n) is 2.64. The molecule has 0 aliphatic carbocycles. The molecular weight excluding hydrogens is 352 g/mol. The molecular formula is C20H23ClN2O3. The third-order valence-corrected chi connectivity index (χ3v) is 4.30. The van der Waals surface area contributed by atoms with Crippen LogP contribution in [0.4, 0.5) is 5.69 Å². The number of anilines is 1. The lowest BCUT2D eigenvalue weighted by atomic mass is 10.0. The molecule has 0 saturated carbocycles. The molecule has 1 atom stereocenters. The van der Waals surface area contributed by atoms with Gasteiger partial charge in [0.1, 0.15) is 0 Å². The summed E-state index contributed by atoms with van der Waals surface area (Å²) >= 11 is 5.92. The molecule has 0 fully saturated rings. The van der Waals surface area contributed by atoms with Crippen LogP contribution in [0.5, 0.6) is 0 Å². The molecule has 0 aliphatic rings. The number of rotatable bonds is 8. The Balaban J connectivity index is 2.09. The number of esters is 1. The van der Waals surface area contributed by atoms with E-state index in [1.807, 2.05) is 42.2 Å². The fourth-order valence-corrected chi connectivity index (χ4v) is 2.76. The van der Waals surface area contributed by atoms with Crippen LogP contribution in [0.3, 0.4) is 0 Å². The minimum atomic E-state index is -0.471. The summed E-state index contributed by atoms with van der Waals surface area (Å²) in [6.07, 6.45) is 0.0569. The second kappa shape index (κ2) is 9.82. The zero-order chi connectivity index (χ0) is 18.9. The van der Waals surface area contributed by atoms with Crippen LogP contribution in [0.15, 0.2) is 54.6 Å². The molecule has 2 aromatic carbocycles. The average molecular weight is 375 g/mol. The largest absolute Gasteiger partial charge is 0.469 e. The van der Waals surface area contributed by atoms with E-state index in [-0.39, 0.29) is 24.8 Å². The van der Waals surface area contributed by atoms with Crippen molar-refractivity contribution in [1.82, 2.24) is 5.32 Å². The van der Waals surface area contributed by atoms with E-state index in [4.69, 9.17) is 16.3 Å². The number of carbonyl (C=O) groups is 2. The van der Waals surface area contributed by atoms with Crippen molar-refractivity contribution in [2.24, 2.45) is 0 Å². The predicted octanol–water partition coefficient (Wildman–Crippen LogP) is 3.59. The number of amides is 1. The van der Waals surface area contributed by atoms with E-state index < -0.39 is 6.04 Å². The number of para-hydroxylation sites is 1. The number of halogens is 1. The highest BCUT2D eigenvalue weighted by Crippen LogP contribution is 2.20. The minimum Gasteiger partial charge on any atom is -0.469 e. The maximum atomic E-state index is 12.6. The first-order chi connectivity index (χ1) is 12.5. The monoisotopic (exact) mass is 374 g/mol. The summed E-state index contributed by atoms with van der Waals surface area (Å²) in [5.41, 5.74) is 1.78. The number of methoxy groups -OCH3 is 1. The van der Waals surface area contributed by atoms with E-state index in [1.165, 1.54) is 7.11 Å². The van der Waals surface area contributed by atoms with Crippen LogP contribution in [0.2, 0.25) is 5.02 Å². The number of ether oxygens (including phenoxy) is 1. The summed E-state index contributed by atoms with van der Waals surface area (Å²) in [7, 11) is 1.33. The second-order valence-corrected chi connectivity index (χ2v) is 6.24. The van der Waals surface area contributed by atoms with Crippen molar-refractivity contribution in [2.75, 3.05) is 25.1 Å². The zero-order valence-electron chi connectivity index (χ0n) is 14.9. The van der Waals surface area contributed by atoms with Gasteiger partial charge in [0.15, 0.2) is 0 Å². The first-order valence-corrected chi connectivity index (χ1v) is 8.83. The average Bonchev–Trinajstić information content (AvgIpc) is 2.66. The molecule has 0 saturated heterocycles. The summed E-state index contributed by atoms with van der Waals surface area (Å²) in [6, 6.07) is 16.3. The number of nitrogens with one attached hydrogen (secondary N) is 1. The van der Waals surface area contributed by atoms with Crippen LogP contribution in [0, 0.1) is 0 Å². The Hall–Kier alpha value is -2.53. The normalized spacial score (nSPS) is 11.5. The first kappa shape index (κ1) is 19.8. The molecule has 1 amide bonds. The Morgan fingerprint density at radius 3 is 2.35 bits per heavy atom. The van der Waals surface area contributed by atoms with Crippen LogP contribution in [-0.2, 0) is 14.3 Å². The van der Waals surface area contributed by atoms with E-state index in [2.05, 4.69) is 5.32 Å². The van der Waals surface area contributed by atoms with Crippen LogP contribution < -0.4 is 10.2 Å². The zero-order valence-corrected chi connectivity index (χ0v) is 15.7. The molecule has 26 heavy (non-hydrogen) atoms. The first-order valence-electron chi connectivity index (χ1n) is 8.45. The highest BCUT2D eigenvalue weighted by Gasteiger charge is 2.20. The lowest BCUT2D eigenvalue weighted by Gasteiger charge is -2.24. The lowest BCUT2D eigenvalue weighted by Crippen LogP contribution is -2.39. The molecule has 2 rings (SSSR count). The van der Waals surface area contributed by atoms with Crippen molar-refractivity contribution >= 4 is 29.2 Å². The summed E-state index contributed by atoms with van der Waals surface area (Å²) in [4.78, 5) is 26.3. The van der Waals surface area contributed by atoms with Gasteiger partial charge in [-0.2, -0.15) is 0 Å². The molecule has 0 radical (unpaired) electrons. The van der Waals surface area contributed by atoms with Crippen molar-refractivity contribution in [3.63, 3.8) is 0 Å². The summed E-state index contributed by atoms with van der Waals surface area (Å²) in [6.45, 7) is 2.89. The van der Waals surface area contributed by atoms with Gasteiger partial charge in [0.05, 0.1) is 26.1 Å². The van der Waals surface area contributed by atoms with Gasteiger partial charge in [-0.25, -0.2) is 0 Å². The topological polar surface area (TPSA) is 58.6 Å².